The molecule has 0 aromatic rings. The van der Waals surface area contributed by atoms with Crippen LogP contribution in [0.2, 0.25) is 0 Å². The zero-order valence-electron chi connectivity index (χ0n) is 16.2. The van der Waals surface area contributed by atoms with E-state index in [1.165, 1.54) is 0 Å². The van der Waals surface area contributed by atoms with E-state index in [4.69, 9.17) is 23.7 Å². The van der Waals surface area contributed by atoms with Crippen LogP contribution in [-0.4, -0.2) is 63.3 Å². The number of carbonyl (C=O) groups is 2. The number of epoxide rings is 2. The van der Waals surface area contributed by atoms with Crippen molar-refractivity contribution in [1.29, 1.82) is 0 Å². The maximum atomic E-state index is 12.4. The first-order valence-electron chi connectivity index (χ1n) is 10.1. The molecule has 152 valence electrons. The average Bonchev–Trinajstić information content (AvgIpc) is 3.57. The summed E-state index contributed by atoms with van der Waals surface area (Å²) in [6, 6.07) is 0. The number of hydrogen-bond acceptors (Lipinski definition) is 7. The van der Waals surface area contributed by atoms with Crippen LogP contribution in [0, 0.1) is 17.3 Å². The summed E-state index contributed by atoms with van der Waals surface area (Å²) in [6.45, 7) is 2.60. The summed E-state index contributed by atoms with van der Waals surface area (Å²) >= 11 is 0. The zero-order chi connectivity index (χ0) is 19.0. The number of rotatable bonds is 8. The molecule has 0 amide bonds. The Morgan fingerprint density at radius 1 is 0.926 bits per heavy atom. The highest BCUT2D eigenvalue weighted by molar-refractivity contribution is 5.74. The van der Waals surface area contributed by atoms with Crippen LogP contribution in [0.4, 0.5) is 0 Å². The lowest BCUT2D eigenvalue weighted by molar-refractivity contribution is -0.162. The number of fused-ring (bicyclic) bond motifs is 2. The summed E-state index contributed by atoms with van der Waals surface area (Å²) in [5, 5.41) is 0. The minimum atomic E-state index is -0.564. The molecular weight excluding hydrogens is 352 g/mol. The summed E-state index contributed by atoms with van der Waals surface area (Å²) in [5.41, 5.74) is -0.564. The van der Waals surface area contributed by atoms with Crippen LogP contribution < -0.4 is 0 Å². The summed E-state index contributed by atoms with van der Waals surface area (Å²) in [4.78, 5) is 24.9. The summed E-state index contributed by atoms with van der Waals surface area (Å²) in [7, 11) is 1.59. The van der Waals surface area contributed by atoms with E-state index in [1.807, 2.05) is 6.92 Å². The van der Waals surface area contributed by atoms with Gasteiger partial charge in [0.1, 0.15) is 13.2 Å². The number of methoxy groups -OCH3 is 1. The van der Waals surface area contributed by atoms with Gasteiger partial charge in [-0.3, -0.25) is 9.59 Å². The predicted molar refractivity (Wildman–Crippen MR) is 93.9 cm³/mol. The molecule has 0 radical (unpaired) electrons. The monoisotopic (exact) mass is 382 g/mol. The Labute approximate surface area is 160 Å². The third-order valence-corrected chi connectivity index (χ3v) is 6.28. The van der Waals surface area contributed by atoms with Crippen molar-refractivity contribution >= 4 is 11.9 Å². The maximum absolute atomic E-state index is 12.4. The average molecular weight is 382 g/mol. The van der Waals surface area contributed by atoms with Gasteiger partial charge in [0.25, 0.3) is 0 Å². The molecule has 7 atom stereocenters. The van der Waals surface area contributed by atoms with Gasteiger partial charge in [-0.15, -0.1) is 0 Å². The Kier molecular flexibility index (Phi) is 5.45. The van der Waals surface area contributed by atoms with E-state index in [2.05, 4.69) is 0 Å². The molecule has 2 heterocycles. The minimum absolute atomic E-state index is 0.0394. The van der Waals surface area contributed by atoms with E-state index < -0.39 is 5.41 Å². The fourth-order valence-electron chi connectivity index (χ4n) is 4.51. The molecule has 0 spiro atoms. The van der Waals surface area contributed by atoms with Gasteiger partial charge >= 0.3 is 11.9 Å². The molecule has 0 bridgehead atoms. The highest BCUT2D eigenvalue weighted by Crippen LogP contribution is 2.42. The molecule has 2 aliphatic heterocycles. The van der Waals surface area contributed by atoms with Gasteiger partial charge in [-0.1, -0.05) is 6.92 Å². The lowest BCUT2D eigenvalue weighted by atomic mass is 9.89. The van der Waals surface area contributed by atoms with Crippen molar-refractivity contribution < 1.29 is 33.3 Å². The molecule has 2 aliphatic carbocycles. The van der Waals surface area contributed by atoms with Gasteiger partial charge in [-0.25, -0.2) is 0 Å². The standard InChI is InChI=1S/C20H30O7/c1-20(9-23-2,10-24-18(21)12-6-7-14-16(8-12)26-14)11-25-19(22)13-4-3-5-15-17(13)27-15/h12-17H,3-11H2,1-2H3/t12?,13?,14-,15?,16?,17?,20?/m1/s1. The van der Waals surface area contributed by atoms with Gasteiger partial charge in [0, 0.05) is 7.11 Å². The molecule has 4 rings (SSSR count). The number of esters is 2. The van der Waals surface area contributed by atoms with E-state index in [0.717, 1.165) is 38.5 Å². The van der Waals surface area contributed by atoms with Gasteiger partial charge in [0.2, 0.25) is 0 Å². The van der Waals surface area contributed by atoms with Crippen LogP contribution in [-0.2, 0) is 33.3 Å². The van der Waals surface area contributed by atoms with Crippen molar-refractivity contribution in [3.8, 4) is 0 Å². The third kappa shape index (κ3) is 4.46. The Morgan fingerprint density at radius 2 is 1.70 bits per heavy atom. The molecule has 7 nitrogen and oxygen atoms in total. The van der Waals surface area contributed by atoms with Crippen LogP contribution >= 0.6 is 0 Å². The van der Waals surface area contributed by atoms with E-state index in [-0.39, 0.29) is 55.3 Å². The molecule has 2 saturated heterocycles. The van der Waals surface area contributed by atoms with Crippen molar-refractivity contribution in [1.82, 2.24) is 0 Å². The van der Waals surface area contributed by atoms with Gasteiger partial charge in [-0.2, -0.15) is 0 Å². The summed E-state index contributed by atoms with van der Waals surface area (Å²) in [5.74, 6) is -0.639. The van der Waals surface area contributed by atoms with Gasteiger partial charge in [-0.05, 0) is 38.5 Å². The lowest BCUT2D eigenvalue weighted by Crippen LogP contribution is -2.38. The van der Waals surface area contributed by atoms with Crippen molar-refractivity contribution in [3.63, 3.8) is 0 Å². The van der Waals surface area contributed by atoms with Crippen molar-refractivity contribution in [2.45, 2.75) is 69.9 Å². The SMILES string of the molecule is COCC(C)(COC(=O)C1CC[C@H]2OC2C1)COC(=O)C1CCCC2OC21. The summed E-state index contributed by atoms with van der Waals surface area (Å²) in [6.07, 6.45) is 6.26. The molecule has 2 saturated carbocycles. The second-order valence-electron chi connectivity index (χ2n) is 8.86. The quantitative estimate of drug-likeness (QED) is 0.468. The first kappa shape index (κ1) is 19.2. The van der Waals surface area contributed by atoms with Gasteiger partial charge in [0.05, 0.1) is 48.3 Å². The topological polar surface area (TPSA) is 86.9 Å². The van der Waals surface area contributed by atoms with Gasteiger partial charge in [0.15, 0.2) is 0 Å². The minimum Gasteiger partial charge on any atom is -0.465 e. The molecular formula is C20H30O7. The molecule has 6 unspecified atom stereocenters. The Hall–Kier alpha value is -1.18. The van der Waals surface area contributed by atoms with E-state index in [1.54, 1.807) is 7.11 Å². The normalized spacial score (nSPS) is 38.7. The molecule has 4 fully saturated rings. The smallest absolute Gasteiger partial charge is 0.311 e. The fraction of sp³-hybridized carbons (Fsp3) is 0.900. The van der Waals surface area contributed by atoms with Crippen LogP contribution in [0.3, 0.4) is 0 Å². The van der Waals surface area contributed by atoms with Crippen LogP contribution in [0.15, 0.2) is 0 Å². The first-order valence-corrected chi connectivity index (χ1v) is 10.1. The van der Waals surface area contributed by atoms with Crippen molar-refractivity contribution in [3.05, 3.63) is 0 Å². The van der Waals surface area contributed by atoms with E-state index in [0.29, 0.717) is 12.7 Å². The van der Waals surface area contributed by atoms with Gasteiger partial charge < -0.3 is 23.7 Å². The van der Waals surface area contributed by atoms with Crippen molar-refractivity contribution in [2.75, 3.05) is 26.9 Å². The van der Waals surface area contributed by atoms with Crippen LogP contribution in [0.25, 0.3) is 0 Å². The Bertz CT molecular complexity index is 579. The number of ether oxygens (including phenoxy) is 5. The third-order valence-electron chi connectivity index (χ3n) is 6.28. The largest absolute Gasteiger partial charge is 0.465 e. The van der Waals surface area contributed by atoms with E-state index >= 15 is 0 Å². The zero-order valence-corrected chi connectivity index (χ0v) is 16.2. The molecule has 0 aromatic carbocycles. The second-order valence-corrected chi connectivity index (χ2v) is 8.86. The predicted octanol–water partition coefficient (Wildman–Crippen LogP) is 1.86. The molecule has 27 heavy (non-hydrogen) atoms. The number of hydrogen-bond donors (Lipinski definition) is 0. The Morgan fingerprint density at radius 3 is 2.44 bits per heavy atom. The van der Waals surface area contributed by atoms with E-state index in [9.17, 15) is 9.59 Å². The maximum Gasteiger partial charge on any atom is 0.311 e. The van der Waals surface area contributed by atoms with Crippen molar-refractivity contribution in [2.24, 2.45) is 17.3 Å². The Balaban J connectivity index is 1.25. The first-order chi connectivity index (χ1) is 13.0. The fourth-order valence-corrected chi connectivity index (χ4v) is 4.51. The molecule has 4 aliphatic rings. The highest BCUT2D eigenvalue weighted by atomic mass is 16.6. The highest BCUT2D eigenvalue weighted by Gasteiger charge is 2.51. The molecule has 7 heteroatoms. The lowest BCUT2D eigenvalue weighted by Gasteiger charge is -2.29. The molecule has 0 N–H and O–H groups in total. The second kappa shape index (κ2) is 7.68. The summed E-state index contributed by atoms with van der Waals surface area (Å²) < 4.78 is 27.5. The van der Waals surface area contributed by atoms with Crippen LogP contribution in [0.1, 0.15) is 45.4 Å². The molecule has 0 aromatic heterocycles. The number of carbonyl (C=O) groups excluding carboxylic acids is 2. The van der Waals surface area contributed by atoms with Crippen LogP contribution in [0.5, 0.6) is 0 Å².